The molecule has 1 nitrogen and oxygen atoms in total. The van der Waals surface area contributed by atoms with Crippen LogP contribution in [0, 0.1) is 11.8 Å². The van der Waals surface area contributed by atoms with Gasteiger partial charge in [0.05, 0.1) is 0 Å². The molecule has 0 aromatic heterocycles. The van der Waals surface area contributed by atoms with E-state index in [4.69, 9.17) is 0 Å². The summed E-state index contributed by atoms with van der Waals surface area (Å²) in [5.74, 6) is 1.82. The van der Waals surface area contributed by atoms with E-state index in [0.717, 1.165) is 23.9 Å². The molecule has 0 amide bonds. The Morgan fingerprint density at radius 1 is 1.14 bits per heavy atom. The standard InChI is InChI=1S/C13H27N/c1-5-12(9-11-7-8-11)14-13(6-2)10(3)4/h10-14H,5-9H2,1-4H3. The lowest BCUT2D eigenvalue weighted by molar-refractivity contribution is 0.320. The molecule has 0 spiro atoms. The van der Waals surface area contributed by atoms with Crippen LogP contribution in [0.1, 0.15) is 59.8 Å². The van der Waals surface area contributed by atoms with Crippen molar-refractivity contribution in [2.24, 2.45) is 11.8 Å². The van der Waals surface area contributed by atoms with Gasteiger partial charge in [0.1, 0.15) is 0 Å². The molecule has 0 bridgehead atoms. The normalized spacial score (nSPS) is 21.2. The van der Waals surface area contributed by atoms with Crippen LogP contribution < -0.4 is 5.32 Å². The van der Waals surface area contributed by atoms with Gasteiger partial charge in [0.2, 0.25) is 0 Å². The van der Waals surface area contributed by atoms with Gasteiger partial charge in [0, 0.05) is 12.1 Å². The third-order valence-corrected chi connectivity index (χ3v) is 3.50. The molecule has 1 heteroatoms. The summed E-state index contributed by atoms with van der Waals surface area (Å²) in [5, 5.41) is 3.82. The Balaban J connectivity index is 2.28. The van der Waals surface area contributed by atoms with E-state index in [2.05, 4.69) is 33.0 Å². The molecule has 0 aromatic carbocycles. The van der Waals surface area contributed by atoms with Crippen LogP contribution in [-0.2, 0) is 0 Å². The Hall–Kier alpha value is -0.0400. The van der Waals surface area contributed by atoms with Gasteiger partial charge in [-0.05, 0) is 31.1 Å². The maximum absolute atomic E-state index is 3.82. The average Bonchev–Trinajstić information content (AvgIpc) is 2.95. The number of rotatable bonds is 7. The summed E-state index contributed by atoms with van der Waals surface area (Å²) in [4.78, 5) is 0. The van der Waals surface area contributed by atoms with Crippen LogP contribution in [-0.4, -0.2) is 12.1 Å². The molecule has 1 aliphatic rings. The first-order chi connectivity index (χ1) is 6.67. The first-order valence-electron chi connectivity index (χ1n) is 6.43. The molecular formula is C13H27N. The van der Waals surface area contributed by atoms with Crippen LogP contribution in [0.5, 0.6) is 0 Å². The SMILES string of the molecule is CCC(CC1CC1)NC(CC)C(C)C. The van der Waals surface area contributed by atoms with E-state index in [0.29, 0.717) is 0 Å². The summed E-state index contributed by atoms with van der Waals surface area (Å²) in [6, 6.07) is 1.49. The zero-order valence-electron chi connectivity index (χ0n) is 10.3. The van der Waals surface area contributed by atoms with Crippen molar-refractivity contribution in [2.75, 3.05) is 0 Å². The molecule has 1 N–H and O–H groups in total. The van der Waals surface area contributed by atoms with Crippen molar-refractivity contribution in [3.63, 3.8) is 0 Å². The zero-order chi connectivity index (χ0) is 10.6. The van der Waals surface area contributed by atoms with E-state index in [1.807, 2.05) is 0 Å². The Kier molecular flexibility index (Phi) is 4.94. The van der Waals surface area contributed by atoms with Gasteiger partial charge in [-0.15, -0.1) is 0 Å². The minimum atomic E-state index is 0.721. The van der Waals surface area contributed by atoms with Gasteiger partial charge in [-0.25, -0.2) is 0 Å². The largest absolute Gasteiger partial charge is 0.311 e. The molecule has 84 valence electrons. The van der Waals surface area contributed by atoms with E-state index < -0.39 is 0 Å². The Bertz CT molecular complexity index is 149. The molecule has 0 aliphatic heterocycles. The maximum Gasteiger partial charge on any atom is 0.00900 e. The van der Waals surface area contributed by atoms with E-state index in [9.17, 15) is 0 Å². The van der Waals surface area contributed by atoms with Crippen LogP contribution in [0.2, 0.25) is 0 Å². The molecule has 14 heavy (non-hydrogen) atoms. The van der Waals surface area contributed by atoms with Gasteiger partial charge in [-0.3, -0.25) is 0 Å². The smallest absolute Gasteiger partial charge is 0.00900 e. The van der Waals surface area contributed by atoms with Gasteiger partial charge in [0.25, 0.3) is 0 Å². The summed E-state index contributed by atoms with van der Waals surface area (Å²) in [5.41, 5.74) is 0. The van der Waals surface area contributed by atoms with E-state index in [1.165, 1.54) is 32.1 Å². The summed E-state index contributed by atoms with van der Waals surface area (Å²) in [6.45, 7) is 9.25. The summed E-state index contributed by atoms with van der Waals surface area (Å²) >= 11 is 0. The topological polar surface area (TPSA) is 12.0 Å². The lowest BCUT2D eigenvalue weighted by Crippen LogP contribution is -2.41. The number of nitrogens with one attached hydrogen (secondary N) is 1. The van der Waals surface area contributed by atoms with Crippen LogP contribution >= 0.6 is 0 Å². The molecule has 0 radical (unpaired) electrons. The molecule has 0 saturated heterocycles. The second-order valence-electron chi connectivity index (χ2n) is 5.21. The maximum atomic E-state index is 3.82. The fraction of sp³-hybridized carbons (Fsp3) is 1.00. The first-order valence-corrected chi connectivity index (χ1v) is 6.43. The fourth-order valence-corrected chi connectivity index (χ4v) is 2.19. The highest BCUT2D eigenvalue weighted by Crippen LogP contribution is 2.34. The molecule has 0 aromatic rings. The van der Waals surface area contributed by atoms with Crippen molar-refractivity contribution in [3.8, 4) is 0 Å². The Morgan fingerprint density at radius 2 is 1.79 bits per heavy atom. The molecule has 2 unspecified atom stereocenters. The Labute approximate surface area is 89.7 Å². The van der Waals surface area contributed by atoms with Crippen molar-refractivity contribution < 1.29 is 0 Å². The second-order valence-corrected chi connectivity index (χ2v) is 5.21. The highest BCUT2D eigenvalue weighted by Gasteiger charge is 2.26. The second kappa shape index (κ2) is 5.75. The van der Waals surface area contributed by atoms with Crippen molar-refractivity contribution in [2.45, 2.75) is 71.9 Å². The van der Waals surface area contributed by atoms with Crippen LogP contribution in [0.25, 0.3) is 0 Å². The summed E-state index contributed by atoms with van der Waals surface area (Å²) < 4.78 is 0. The third kappa shape index (κ3) is 4.00. The van der Waals surface area contributed by atoms with Gasteiger partial charge in [0.15, 0.2) is 0 Å². The predicted octanol–water partition coefficient (Wildman–Crippen LogP) is 3.59. The third-order valence-electron chi connectivity index (χ3n) is 3.50. The minimum Gasteiger partial charge on any atom is -0.311 e. The molecule has 1 saturated carbocycles. The fourth-order valence-electron chi connectivity index (χ4n) is 2.19. The van der Waals surface area contributed by atoms with Crippen LogP contribution in [0.15, 0.2) is 0 Å². The molecule has 1 fully saturated rings. The van der Waals surface area contributed by atoms with Crippen molar-refractivity contribution in [3.05, 3.63) is 0 Å². The zero-order valence-corrected chi connectivity index (χ0v) is 10.3. The van der Waals surface area contributed by atoms with Crippen molar-refractivity contribution >= 4 is 0 Å². The molecule has 0 heterocycles. The van der Waals surface area contributed by atoms with Crippen molar-refractivity contribution in [1.29, 1.82) is 0 Å². The molecule has 2 atom stereocenters. The molecular weight excluding hydrogens is 170 g/mol. The summed E-state index contributed by atoms with van der Waals surface area (Å²) in [6.07, 6.45) is 6.94. The highest BCUT2D eigenvalue weighted by molar-refractivity contribution is 4.82. The van der Waals surface area contributed by atoms with Gasteiger partial charge in [-0.2, -0.15) is 0 Å². The monoisotopic (exact) mass is 197 g/mol. The first kappa shape index (κ1) is 12.0. The molecule has 1 aliphatic carbocycles. The number of hydrogen-bond donors (Lipinski definition) is 1. The molecule has 1 rings (SSSR count). The lowest BCUT2D eigenvalue weighted by Gasteiger charge is -2.27. The highest BCUT2D eigenvalue weighted by atomic mass is 15.0. The summed E-state index contributed by atoms with van der Waals surface area (Å²) in [7, 11) is 0. The predicted molar refractivity (Wildman–Crippen MR) is 63.5 cm³/mol. The van der Waals surface area contributed by atoms with Gasteiger partial charge < -0.3 is 5.32 Å². The quantitative estimate of drug-likeness (QED) is 0.657. The average molecular weight is 197 g/mol. The number of hydrogen-bond acceptors (Lipinski definition) is 1. The Morgan fingerprint density at radius 3 is 2.14 bits per heavy atom. The van der Waals surface area contributed by atoms with Crippen LogP contribution in [0.4, 0.5) is 0 Å². The van der Waals surface area contributed by atoms with Crippen LogP contribution in [0.3, 0.4) is 0 Å². The van der Waals surface area contributed by atoms with Gasteiger partial charge in [-0.1, -0.05) is 40.5 Å². The van der Waals surface area contributed by atoms with E-state index in [1.54, 1.807) is 0 Å². The minimum absolute atomic E-state index is 0.721. The van der Waals surface area contributed by atoms with E-state index in [-0.39, 0.29) is 0 Å². The lowest BCUT2D eigenvalue weighted by atomic mass is 9.98. The van der Waals surface area contributed by atoms with E-state index >= 15 is 0 Å². The van der Waals surface area contributed by atoms with Gasteiger partial charge >= 0.3 is 0 Å². The van der Waals surface area contributed by atoms with Crippen molar-refractivity contribution in [1.82, 2.24) is 5.32 Å².